The third-order valence-electron chi connectivity index (χ3n) is 11.1. The summed E-state index contributed by atoms with van der Waals surface area (Å²) in [4.78, 5) is 11.1. The predicted molar refractivity (Wildman–Crippen MR) is 119 cm³/mol. The molecule has 4 N–H and O–H groups in total. The van der Waals surface area contributed by atoms with Crippen molar-refractivity contribution in [3.8, 4) is 0 Å². The van der Waals surface area contributed by atoms with Gasteiger partial charge in [0.05, 0.1) is 18.3 Å². The molecule has 0 bridgehead atoms. The molecular weight excluding hydrogens is 392 g/mol. The summed E-state index contributed by atoms with van der Waals surface area (Å²) in [5.41, 5.74) is -0.186. The third kappa shape index (κ3) is 3.49. The van der Waals surface area contributed by atoms with Crippen LogP contribution in [0.2, 0.25) is 0 Å². The minimum Gasteiger partial charge on any atom is -0.481 e. The van der Waals surface area contributed by atoms with Crippen molar-refractivity contribution >= 4 is 5.97 Å². The lowest BCUT2D eigenvalue weighted by Crippen LogP contribution is -2.65. The van der Waals surface area contributed by atoms with E-state index < -0.39 is 12.1 Å². The van der Waals surface area contributed by atoms with Crippen LogP contribution in [0.25, 0.3) is 0 Å². The van der Waals surface area contributed by atoms with Gasteiger partial charge in [-0.3, -0.25) is 4.79 Å². The minimum atomic E-state index is -0.747. The van der Waals surface area contributed by atoms with E-state index in [0.29, 0.717) is 24.2 Å². The summed E-state index contributed by atoms with van der Waals surface area (Å²) in [5, 5.41) is 42.9. The number of aliphatic hydroxyl groups is 3. The molecule has 0 aromatic rings. The number of aliphatic hydroxyl groups excluding tert-OH is 3. The Kier molecular flexibility index (Phi) is 6.28. The maximum Gasteiger partial charge on any atom is 0.303 e. The van der Waals surface area contributed by atoms with E-state index in [-0.39, 0.29) is 53.1 Å². The summed E-state index contributed by atoms with van der Waals surface area (Å²) in [6, 6.07) is 0. The minimum absolute atomic E-state index is 0.0686. The van der Waals surface area contributed by atoms with Crippen LogP contribution in [0.3, 0.4) is 0 Å². The molecule has 4 aliphatic rings. The van der Waals surface area contributed by atoms with Crippen LogP contribution in [-0.2, 0) is 4.79 Å². The molecule has 4 fully saturated rings. The van der Waals surface area contributed by atoms with Gasteiger partial charge in [0, 0.05) is 6.42 Å². The molecule has 5 nitrogen and oxygen atoms in total. The molecule has 0 aromatic heterocycles. The van der Waals surface area contributed by atoms with E-state index in [4.69, 9.17) is 5.11 Å². The highest BCUT2D eigenvalue weighted by molar-refractivity contribution is 5.66. The van der Waals surface area contributed by atoms with Crippen LogP contribution in [0.1, 0.15) is 85.5 Å². The van der Waals surface area contributed by atoms with Crippen molar-refractivity contribution in [2.75, 3.05) is 0 Å². The molecule has 0 radical (unpaired) electrons. The SMILES string of the molecule is CCC1C(O)C2C(CC(O)[C@]3(C)C(C(C)CCC(=O)O)CCC23)[C@@]2(C)CCC(O)CC12. The molecule has 12 atom stereocenters. The van der Waals surface area contributed by atoms with Crippen molar-refractivity contribution in [2.45, 2.75) is 104 Å². The lowest BCUT2D eigenvalue weighted by Gasteiger charge is -2.65. The molecule has 0 heterocycles. The van der Waals surface area contributed by atoms with Crippen LogP contribution >= 0.6 is 0 Å². The zero-order chi connectivity index (χ0) is 22.7. The zero-order valence-electron chi connectivity index (χ0n) is 19.8. The first-order valence-electron chi connectivity index (χ1n) is 12.8. The first kappa shape index (κ1) is 23.5. The molecule has 0 aromatic carbocycles. The van der Waals surface area contributed by atoms with E-state index in [1.807, 2.05) is 0 Å². The van der Waals surface area contributed by atoms with Crippen LogP contribution in [0.4, 0.5) is 0 Å². The zero-order valence-corrected chi connectivity index (χ0v) is 19.8. The lowest BCUT2D eigenvalue weighted by atomic mass is 9.41. The van der Waals surface area contributed by atoms with E-state index in [9.17, 15) is 20.1 Å². The highest BCUT2D eigenvalue weighted by atomic mass is 16.4. The van der Waals surface area contributed by atoms with Gasteiger partial charge < -0.3 is 20.4 Å². The van der Waals surface area contributed by atoms with Crippen molar-refractivity contribution in [1.82, 2.24) is 0 Å². The highest BCUT2D eigenvalue weighted by Gasteiger charge is 2.67. The van der Waals surface area contributed by atoms with Crippen LogP contribution in [-0.4, -0.2) is 44.7 Å². The number of carbonyl (C=O) groups is 1. The van der Waals surface area contributed by atoms with E-state index in [1.54, 1.807) is 0 Å². The van der Waals surface area contributed by atoms with Crippen LogP contribution in [0.15, 0.2) is 0 Å². The smallest absolute Gasteiger partial charge is 0.303 e. The Balaban J connectivity index is 1.66. The Labute approximate surface area is 187 Å². The Morgan fingerprint density at radius 2 is 1.74 bits per heavy atom. The van der Waals surface area contributed by atoms with Crippen LogP contribution in [0, 0.1) is 52.3 Å². The summed E-state index contributed by atoms with van der Waals surface area (Å²) < 4.78 is 0. The van der Waals surface area contributed by atoms with E-state index in [0.717, 1.165) is 44.9 Å². The molecule has 10 unspecified atom stereocenters. The van der Waals surface area contributed by atoms with E-state index >= 15 is 0 Å². The number of fused-ring (bicyclic) bond motifs is 5. The largest absolute Gasteiger partial charge is 0.481 e. The molecule has 4 aliphatic carbocycles. The van der Waals surface area contributed by atoms with Gasteiger partial charge in [0.25, 0.3) is 0 Å². The fourth-order valence-corrected chi connectivity index (χ4v) is 9.44. The van der Waals surface area contributed by atoms with E-state index in [2.05, 4.69) is 27.7 Å². The molecule has 31 heavy (non-hydrogen) atoms. The number of hydrogen-bond acceptors (Lipinski definition) is 4. The Morgan fingerprint density at radius 1 is 1.03 bits per heavy atom. The quantitative estimate of drug-likeness (QED) is 0.520. The van der Waals surface area contributed by atoms with Crippen molar-refractivity contribution in [1.29, 1.82) is 0 Å². The molecule has 0 aliphatic heterocycles. The van der Waals surface area contributed by atoms with Crippen molar-refractivity contribution < 1.29 is 25.2 Å². The fourth-order valence-electron chi connectivity index (χ4n) is 9.44. The van der Waals surface area contributed by atoms with Gasteiger partial charge in [-0.15, -0.1) is 0 Å². The van der Waals surface area contributed by atoms with Gasteiger partial charge in [0.2, 0.25) is 0 Å². The van der Waals surface area contributed by atoms with Gasteiger partial charge in [-0.2, -0.15) is 0 Å². The molecule has 5 heteroatoms. The van der Waals surface area contributed by atoms with Gasteiger partial charge in [-0.25, -0.2) is 0 Å². The van der Waals surface area contributed by atoms with Gasteiger partial charge in [-0.1, -0.05) is 34.1 Å². The molecule has 178 valence electrons. The second-order valence-electron chi connectivity index (χ2n) is 12.1. The lowest BCUT2D eigenvalue weighted by molar-refractivity contribution is -0.228. The summed E-state index contributed by atoms with van der Waals surface area (Å²) in [6.45, 7) is 8.96. The predicted octanol–water partition coefficient (Wildman–Crippen LogP) is 4.08. The summed E-state index contributed by atoms with van der Waals surface area (Å²) in [7, 11) is 0. The van der Waals surface area contributed by atoms with Gasteiger partial charge in [0.15, 0.2) is 0 Å². The van der Waals surface area contributed by atoms with Crippen LogP contribution < -0.4 is 0 Å². The normalized spacial score (nSPS) is 52.7. The van der Waals surface area contributed by atoms with Crippen molar-refractivity contribution in [3.63, 3.8) is 0 Å². The molecule has 0 amide bonds. The third-order valence-corrected chi connectivity index (χ3v) is 11.1. The summed E-state index contributed by atoms with van der Waals surface area (Å²) in [5.74, 6) is 1.13. The highest BCUT2D eigenvalue weighted by Crippen LogP contribution is 2.69. The van der Waals surface area contributed by atoms with Gasteiger partial charge in [-0.05, 0) is 97.2 Å². The first-order chi connectivity index (χ1) is 14.6. The Hall–Kier alpha value is -0.650. The molecular formula is C26H44O5. The average molecular weight is 437 g/mol. The van der Waals surface area contributed by atoms with E-state index in [1.165, 1.54) is 0 Å². The maximum absolute atomic E-state index is 11.7. The summed E-state index contributed by atoms with van der Waals surface area (Å²) >= 11 is 0. The molecule has 0 spiro atoms. The average Bonchev–Trinajstić information content (AvgIpc) is 3.07. The number of carboxylic acids is 1. The number of aliphatic carboxylic acids is 1. The number of carboxylic acid groups (broad SMARTS) is 1. The van der Waals surface area contributed by atoms with Gasteiger partial charge >= 0.3 is 5.97 Å². The Bertz CT molecular complexity index is 681. The monoisotopic (exact) mass is 436 g/mol. The second-order valence-corrected chi connectivity index (χ2v) is 12.1. The maximum atomic E-state index is 11.7. The molecule has 0 saturated heterocycles. The number of rotatable bonds is 5. The molecule has 4 rings (SSSR count). The van der Waals surface area contributed by atoms with Crippen molar-refractivity contribution in [2.24, 2.45) is 52.3 Å². The van der Waals surface area contributed by atoms with Crippen LogP contribution in [0.5, 0.6) is 0 Å². The fraction of sp³-hybridized carbons (Fsp3) is 0.962. The summed E-state index contributed by atoms with van der Waals surface area (Å²) in [6.07, 6.45) is 6.09. The number of hydrogen-bond donors (Lipinski definition) is 4. The topological polar surface area (TPSA) is 98.0 Å². The second kappa shape index (κ2) is 8.29. The van der Waals surface area contributed by atoms with Gasteiger partial charge in [0.1, 0.15) is 0 Å². The Morgan fingerprint density at radius 3 is 2.39 bits per heavy atom. The standard InChI is InChI=1S/C26H44O5/c1-5-16-19-12-15(27)10-11-25(19,3)20-13-21(28)26(4)17(14(2)6-9-22(29)30)7-8-18(26)23(20)24(16)31/h14-21,23-24,27-28,31H,5-13H2,1-4H3,(H,29,30)/t14?,15?,16?,17?,18?,19?,20?,21?,23?,24?,25-,26+/m0/s1. The first-order valence-corrected chi connectivity index (χ1v) is 12.8. The van der Waals surface area contributed by atoms with Crippen molar-refractivity contribution in [3.05, 3.63) is 0 Å². The molecule has 4 saturated carbocycles.